The quantitative estimate of drug-likeness (QED) is 0.649. The number of benzene rings is 1. The number of para-hydroxylation sites is 1. The minimum Gasteiger partial charge on any atom is -0.489 e. The molecule has 2 nitrogen and oxygen atoms in total. The molecule has 1 aromatic rings. The first-order valence-electron chi connectivity index (χ1n) is 7.86. The molecule has 2 aliphatic rings. The highest BCUT2D eigenvalue weighted by molar-refractivity contribution is 9.08. The van der Waals surface area contributed by atoms with Crippen molar-refractivity contribution in [1.82, 2.24) is 0 Å². The first-order chi connectivity index (χ1) is 10.2. The van der Waals surface area contributed by atoms with Gasteiger partial charge in [-0.15, -0.1) is 0 Å². The Kier molecular flexibility index (Phi) is 5.13. The minimum absolute atomic E-state index is 0.158. The van der Waals surface area contributed by atoms with E-state index in [9.17, 15) is 0 Å². The van der Waals surface area contributed by atoms with Gasteiger partial charge in [-0.1, -0.05) is 58.9 Å². The molecule has 1 atom stereocenters. The van der Waals surface area contributed by atoms with Gasteiger partial charge in [-0.2, -0.15) is 0 Å². The molecule has 1 heterocycles. The van der Waals surface area contributed by atoms with Crippen molar-refractivity contribution in [3.05, 3.63) is 28.8 Å². The number of alkyl halides is 1. The van der Waals surface area contributed by atoms with Crippen LogP contribution in [0.25, 0.3) is 0 Å². The van der Waals surface area contributed by atoms with Crippen LogP contribution >= 0.6 is 27.5 Å². The lowest BCUT2D eigenvalue weighted by atomic mass is 9.83. The summed E-state index contributed by atoms with van der Waals surface area (Å²) < 4.78 is 12.3. The Hall–Kier alpha value is -0.250. The molecular formula is C17H22BrClO2. The Labute approximate surface area is 140 Å². The monoisotopic (exact) mass is 372 g/mol. The van der Waals surface area contributed by atoms with Gasteiger partial charge in [0, 0.05) is 10.9 Å². The molecule has 1 aliphatic carbocycles. The van der Waals surface area contributed by atoms with Gasteiger partial charge in [-0.25, -0.2) is 0 Å². The maximum absolute atomic E-state index is 6.35. The highest BCUT2D eigenvalue weighted by atomic mass is 79.9. The molecule has 3 rings (SSSR count). The third-order valence-electron chi connectivity index (χ3n) is 4.71. The summed E-state index contributed by atoms with van der Waals surface area (Å²) in [7, 11) is 0. The molecule has 1 saturated carbocycles. The van der Waals surface area contributed by atoms with Crippen molar-refractivity contribution in [3.8, 4) is 5.75 Å². The predicted molar refractivity (Wildman–Crippen MR) is 89.5 cm³/mol. The van der Waals surface area contributed by atoms with Crippen LogP contribution in [-0.2, 0) is 10.1 Å². The van der Waals surface area contributed by atoms with Gasteiger partial charge in [0.2, 0.25) is 0 Å². The van der Waals surface area contributed by atoms with E-state index < -0.39 is 0 Å². The van der Waals surface area contributed by atoms with Crippen molar-refractivity contribution < 1.29 is 9.47 Å². The molecule has 1 spiro atoms. The van der Waals surface area contributed by atoms with E-state index in [4.69, 9.17) is 21.1 Å². The number of ether oxygens (including phenoxy) is 2. The molecule has 0 aromatic heterocycles. The van der Waals surface area contributed by atoms with Gasteiger partial charge in [0.15, 0.2) is 0 Å². The number of hydrogen-bond acceptors (Lipinski definition) is 2. The Morgan fingerprint density at radius 2 is 2.05 bits per heavy atom. The zero-order valence-corrected chi connectivity index (χ0v) is 14.6. The van der Waals surface area contributed by atoms with Crippen molar-refractivity contribution in [3.63, 3.8) is 0 Å². The van der Waals surface area contributed by atoms with E-state index in [0.717, 1.165) is 23.1 Å². The van der Waals surface area contributed by atoms with E-state index in [1.807, 2.05) is 18.2 Å². The summed E-state index contributed by atoms with van der Waals surface area (Å²) in [5.74, 6) is 0.796. The van der Waals surface area contributed by atoms with Crippen molar-refractivity contribution in [2.75, 3.05) is 6.61 Å². The Morgan fingerprint density at radius 3 is 2.81 bits per heavy atom. The SMILES string of the molecule is Clc1cccc(CBr)c1OCC1CCC2(CCCCC2)O1. The summed E-state index contributed by atoms with van der Waals surface area (Å²) in [6, 6.07) is 5.87. The molecule has 0 N–H and O–H groups in total. The van der Waals surface area contributed by atoms with E-state index in [2.05, 4.69) is 15.9 Å². The standard InChI is InChI=1S/C17H22BrClO2/c18-11-13-5-4-6-15(19)16(13)20-12-14-7-10-17(21-14)8-2-1-3-9-17/h4-6,14H,1-3,7-12H2. The second kappa shape index (κ2) is 6.89. The number of rotatable bonds is 4. The predicted octanol–water partition coefficient (Wildman–Crippen LogP) is 5.50. The van der Waals surface area contributed by atoms with Crippen LogP contribution in [0.1, 0.15) is 50.5 Å². The second-order valence-electron chi connectivity index (χ2n) is 6.19. The van der Waals surface area contributed by atoms with Crippen molar-refractivity contribution >= 4 is 27.5 Å². The topological polar surface area (TPSA) is 18.5 Å². The maximum atomic E-state index is 6.35. The van der Waals surface area contributed by atoms with Gasteiger partial charge < -0.3 is 9.47 Å². The molecule has 4 heteroatoms. The summed E-state index contributed by atoms with van der Waals surface area (Å²) in [4.78, 5) is 0. The fourth-order valence-corrected chi connectivity index (χ4v) is 4.26. The highest BCUT2D eigenvalue weighted by Gasteiger charge is 2.40. The van der Waals surface area contributed by atoms with E-state index in [1.54, 1.807) is 0 Å². The van der Waals surface area contributed by atoms with E-state index in [1.165, 1.54) is 38.5 Å². The third kappa shape index (κ3) is 3.57. The maximum Gasteiger partial charge on any atom is 0.142 e. The molecule has 1 aromatic carbocycles. The fraction of sp³-hybridized carbons (Fsp3) is 0.647. The molecule has 21 heavy (non-hydrogen) atoms. The van der Waals surface area contributed by atoms with Crippen LogP contribution in [0.5, 0.6) is 5.75 Å². The van der Waals surface area contributed by atoms with Crippen LogP contribution < -0.4 is 4.74 Å². The summed E-state index contributed by atoms with van der Waals surface area (Å²) in [5, 5.41) is 1.43. The lowest BCUT2D eigenvalue weighted by molar-refractivity contribution is -0.0749. The Balaban J connectivity index is 1.59. The smallest absolute Gasteiger partial charge is 0.142 e. The largest absolute Gasteiger partial charge is 0.489 e. The third-order valence-corrected chi connectivity index (χ3v) is 5.61. The molecule has 1 saturated heterocycles. The van der Waals surface area contributed by atoms with Crippen LogP contribution in [0.3, 0.4) is 0 Å². The molecule has 0 bridgehead atoms. The molecule has 1 aliphatic heterocycles. The average molecular weight is 374 g/mol. The van der Waals surface area contributed by atoms with Crippen LogP contribution in [0.2, 0.25) is 5.02 Å². The number of hydrogen-bond donors (Lipinski definition) is 0. The Bertz CT molecular complexity index is 486. The van der Waals surface area contributed by atoms with Gasteiger partial charge in [0.1, 0.15) is 12.4 Å². The first-order valence-corrected chi connectivity index (χ1v) is 9.36. The van der Waals surface area contributed by atoms with Crippen molar-refractivity contribution in [1.29, 1.82) is 0 Å². The molecule has 1 unspecified atom stereocenters. The molecule has 0 radical (unpaired) electrons. The average Bonchev–Trinajstić information content (AvgIpc) is 2.89. The highest BCUT2D eigenvalue weighted by Crippen LogP contribution is 2.42. The van der Waals surface area contributed by atoms with Crippen molar-refractivity contribution in [2.24, 2.45) is 0 Å². The fourth-order valence-electron chi connectivity index (χ4n) is 3.57. The van der Waals surface area contributed by atoms with E-state index >= 15 is 0 Å². The van der Waals surface area contributed by atoms with Crippen LogP contribution in [0, 0.1) is 0 Å². The lowest BCUT2D eigenvalue weighted by Gasteiger charge is -2.33. The van der Waals surface area contributed by atoms with Gasteiger partial charge >= 0.3 is 0 Å². The molecule has 0 amide bonds. The van der Waals surface area contributed by atoms with Crippen LogP contribution in [-0.4, -0.2) is 18.3 Å². The normalized spacial score (nSPS) is 24.4. The van der Waals surface area contributed by atoms with Crippen molar-refractivity contribution in [2.45, 2.75) is 62.0 Å². The molecule has 116 valence electrons. The van der Waals surface area contributed by atoms with E-state index in [-0.39, 0.29) is 11.7 Å². The second-order valence-corrected chi connectivity index (χ2v) is 7.16. The zero-order valence-electron chi connectivity index (χ0n) is 12.2. The summed E-state index contributed by atoms with van der Waals surface area (Å²) in [6.45, 7) is 0.603. The van der Waals surface area contributed by atoms with Crippen LogP contribution in [0.4, 0.5) is 0 Å². The summed E-state index contributed by atoms with van der Waals surface area (Å²) in [6.07, 6.45) is 8.94. The number of halogens is 2. The van der Waals surface area contributed by atoms with Gasteiger partial charge in [-0.3, -0.25) is 0 Å². The Morgan fingerprint density at radius 1 is 1.24 bits per heavy atom. The first kappa shape index (κ1) is 15.6. The van der Waals surface area contributed by atoms with Crippen LogP contribution in [0.15, 0.2) is 18.2 Å². The van der Waals surface area contributed by atoms with Gasteiger partial charge in [-0.05, 0) is 31.7 Å². The zero-order chi connectivity index (χ0) is 14.7. The van der Waals surface area contributed by atoms with Gasteiger partial charge in [0.05, 0.1) is 16.7 Å². The molecular weight excluding hydrogens is 352 g/mol. The van der Waals surface area contributed by atoms with Gasteiger partial charge in [0.25, 0.3) is 0 Å². The summed E-state index contributed by atoms with van der Waals surface area (Å²) in [5.41, 5.74) is 1.25. The lowest BCUT2D eigenvalue weighted by Crippen LogP contribution is -2.33. The molecule has 2 fully saturated rings. The van der Waals surface area contributed by atoms with E-state index in [0.29, 0.717) is 11.6 Å². The minimum atomic E-state index is 0.158. The summed E-state index contributed by atoms with van der Waals surface area (Å²) >= 11 is 9.73.